The number of halogens is 3. The lowest BCUT2D eigenvalue weighted by Crippen LogP contribution is -2.55. The summed E-state index contributed by atoms with van der Waals surface area (Å²) >= 11 is 0.972. The zero-order chi connectivity index (χ0) is 14.3. The van der Waals surface area contributed by atoms with Gasteiger partial charge in [-0.3, -0.25) is 0 Å². The molecule has 0 bridgehead atoms. The first-order valence-corrected chi connectivity index (χ1v) is 5.99. The molecule has 1 atom stereocenters. The molecular formula is C11H9F3N2O2S. The first-order chi connectivity index (χ1) is 8.74. The highest BCUT2D eigenvalue weighted by Crippen LogP contribution is 2.36. The second-order valence-corrected chi connectivity index (χ2v) is 5.07. The average Bonchev–Trinajstić information content (AvgIpc) is 2.68. The highest BCUT2D eigenvalue weighted by atomic mass is 32.1. The van der Waals surface area contributed by atoms with Gasteiger partial charge in [-0.25, -0.2) is 9.78 Å². The van der Waals surface area contributed by atoms with E-state index in [9.17, 15) is 18.0 Å². The molecule has 0 fully saturated rings. The van der Waals surface area contributed by atoms with Crippen molar-refractivity contribution in [2.75, 3.05) is 5.32 Å². The van der Waals surface area contributed by atoms with E-state index in [0.717, 1.165) is 11.3 Å². The van der Waals surface area contributed by atoms with E-state index in [1.807, 2.05) is 5.32 Å². The van der Waals surface area contributed by atoms with Crippen LogP contribution in [0.2, 0.25) is 0 Å². The van der Waals surface area contributed by atoms with Crippen LogP contribution in [0.5, 0.6) is 0 Å². The van der Waals surface area contributed by atoms with Gasteiger partial charge in [0.05, 0.1) is 10.2 Å². The van der Waals surface area contributed by atoms with Crippen LogP contribution in [0.25, 0.3) is 10.2 Å². The molecule has 1 heterocycles. The number of hydrogen-bond donors (Lipinski definition) is 2. The van der Waals surface area contributed by atoms with Crippen molar-refractivity contribution < 1.29 is 23.1 Å². The maximum absolute atomic E-state index is 12.8. The van der Waals surface area contributed by atoms with Crippen molar-refractivity contribution >= 4 is 32.7 Å². The molecule has 2 rings (SSSR count). The summed E-state index contributed by atoms with van der Waals surface area (Å²) in [4.78, 5) is 14.8. The number of hydrogen-bond acceptors (Lipinski definition) is 4. The normalized spacial score (nSPS) is 15.2. The van der Waals surface area contributed by atoms with E-state index in [-0.39, 0.29) is 5.13 Å². The molecule has 8 heteroatoms. The second kappa shape index (κ2) is 4.37. The first kappa shape index (κ1) is 13.6. The summed E-state index contributed by atoms with van der Waals surface area (Å²) in [5.74, 6) is -2.00. The lowest BCUT2D eigenvalue weighted by Gasteiger charge is -2.28. The number of para-hydroxylation sites is 1. The highest BCUT2D eigenvalue weighted by Gasteiger charge is 2.58. The maximum Gasteiger partial charge on any atom is 0.422 e. The average molecular weight is 290 g/mol. The molecule has 0 aliphatic heterocycles. The van der Waals surface area contributed by atoms with Crippen molar-refractivity contribution in [3.05, 3.63) is 24.3 Å². The molecule has 2 N–H and O–H groups in total. The van der Waals surface area contributed by atoms with Crippen LogP contribution >= 0.6 is 11.3 Å². The molecule has 1 aromatic heterocycles. The van der Waals surface area contributed by atoms with Gasteiger partial charge in [-0.05, 0) is 19.1 Å². The number of anilines is 1. The number of nitrogens with zero attached hydrogens (tertiary/aromatic N) is 1. The third kappa shape index (κ3) is 2.35. The summed E-state index contributed by atoms with van der Waals surface area (Å²) in [5, 5.41) is 10.7. The van der Waals surface area contributed by atoms with Gasteiger partial charge in [0.15, 0.2) is 5.13 Å². The molecular weight excluding hydrogens is 281 g/mol. The Morgan fingerprint density at radius 3 is 2.53 bits per heavy atom. The van der Waals surface area contributed by atoms with Crippen LogP contribution in [-0.2, 0) is 4.79 Å². The predicted octanol–water partition coefficient (Wildman–Crippen LogP) is 3.11. The van der Waals surface area contributed by atoms with Gasteiger partial charge in [-0.2, -0.15) is 13.2 Å². The van der Waals surface area contributed by atoms with Crippen molar-refractivity contribution in [2.24, 2.45) is 0 Å². The summed E-state index contributed by atoms with van der Waals surface area (Å²) in [5.41, 5.74) is -2.55. The minimum atomic E-state index is -4.93. The number of alkyl halides is 3. The Labute approximate surface area is 109 Å². The molecule has 4 nitrogen and oxygen atoms in total. The maximum atomic E-state index is 12.8. The number of carboxylic acids is 1. The Hall–Kier alpha value is -1.83. The molecule has 0 saturated heterocycles. The van der Waals surface area contributed by atoms with Crippen LogP contribution in [0.3, 0.4) is 0 Å². The minimum absolute atomic E-state index is 0.0802. The third-order valence-corrected chi connectivity index (χ3v) is 3.60. The molecule has 0 saturated carbocycles. The summed E-state index contributed by atoms with van der Waals surface area (Å²) in [6.45, 7) is 0.571. The van der Waals surface area contributed by atoms with Gasteiger partial charge in [-0.15, -0.1) is 0 Å². The Balaban J connectivity index is 2.39. The SMILES string of the molecule is CC(Nc1nc2ccccc2s1)(C(=O)O)C(F)(F)F. The van der Waals surface area contributed by atoms with Gasteiger partial charge in [0, 0.05) is 0 Å². The van der Waals surface area contributed by atoms with Crippen LogP contribution in [-0.4, -0.2) is 27.8 Å². The monoisotopic (exact) mass is 290 g/mol. The summed E-state index contributed by atoms with van der Waals surface area (Å²) in [6, 6.07) is 6.77. The largest absolute Gasteiger partial charge is 0.479 e. The van der Waals surface area contributed by atoms with Gasteiger partial charge in [0.2, 0.25) is 5.54 Å². The van der Waals surface area contributed by atoms with Crippen molar-refractivity contribution in [1.82, 2.24) is 4.98 Å². The van der Waals surface area contributed by atoms with Crippen molar-refractivity contribution in [1.29, 1.82) is 0 Å². The summed E-state index contributed by atoms with van der Waals surface area (Å²) in [7, 11) is 0. The molecule has 19 heavy (non-hydrogen) atoms. The number of benzene rings is 1. The quantitative estimate of drug-likeness (QED) is 0.911. The topological polar surface area (TPSA) is 62.2 Å². The van der Waals surface area contributed by atoms with Gasteiger partial charge >= 0.3 is 12.1 Å². The van der Waals surface area contributed by atoms with Crippen molar-refractivity contribution in [3.63, 3.8) is 0 Å². The second-order valence-electron chi connectivity index (χ2n) is 4.04. The van der Waals surface area contributed by atoms with Crippen LogP contribution in [0.15, 0.2) is 24.3 Å². The van der Waals surface area contributed by atoms with Crippen LogP contribution in [0.1, 0.15) is 6.92 Å². The fourth-order valence-electron chi connectivity index (χ4n) is 1.39. The molecule has 1 unspecified atom stereocenters. The number of fused-ring (bicyclic) bond motifs is 1. The molecule has 0 aliphatic carbocycles. The predicted molar refractivity (Wildman–Crippen MR) is 65.3 cm³/mol. The van der Waals surface area contributed by atoms with E-state index in [0.29, 0.717) is 17.1 Å². The number of aliphatic carboxylic acids is 1. The molecule has 0 spiro atoms. The Morgan fingerprint density at radius 1 is 1.37 bits per heavy atom. The fourth-order valence-corrected chi connectivity index (χ4v) is 2.36. The number of carboxylic acid groups (broad SMARTS) is 1. The molecule has 1 aromatic carbocycles. The number of rotatable bonds is 3. The van der Waals surface area contributed by atoms with Gasteiger partial charge in [-0.1, -0.05) is 23.5 Å². The van der Waals surface area contributed by atoms with Crippen LogP contribution in [0, 0.1) is 0 Å². The zero-order valence-corrected chi connectivity index (χ0v) is 10.5. The molecule has 102 valence electrons. The van der Waals surface area contributed by atoms with Crippen molar-refractivity contribution in [3.8, 4) is 0 Å². The third-order valence-electron chi connectivity index (χ3n) is 2.65. The molecule has 2 aromatic rings. The van der Waals surface area contributed by atoms with Crippen molar-refractivity contribution in [2.45, 2.75) is 18.6 Å². The summed E-state index contributed by atoms with van der Waals surface area (Å²) in [6.07, 6.45) is -4.93. The number of carbonyl (C=O) groups is 1. The van der Waals surface area contributed by atoms with E-state index in [2.05, 4.69) is 4.98 Å². The van der Waals surface area contributed by atoms with Gasteiger partial charge in [0.1, 0.15) is 0 Å². The molecule has 0 amide bonds. The molecule has 0 aliphatic rings. The van der Waals surface area contributed by atoms with E-state index in [1.54, 1.807) is 24.3 Å². The van der Waals surface area contributed by atoms with E-state index >= 15 is 0 Å². The minimum Gasteiger partial charge on any atom is -0.479 e. The zero-order valence-electron chi connectivity index (χ0n) is 9.65. The number of nitrogens with one attached hydrogen (secondary N) is 1. The van der Waals surface area contributed by atoms with Crippen LogP contribution < -0.4 is 5.32 Å². The lowest BCUT2D eigenvalue weighted by atomic mass is 10.0. The van der Waals surface area contributed by atoms with Gasteiger partial charge < -0.3 is 10.4 Å². The molecule has 0 radical (unpaired) electrons. The Bertz CT molecular complexity index is 593. The number of thiazole rings is 1. The summed E-state index contributed by atoms with van der Waals surface area (Å²) < 4.78 is 39.2. The Morgan fingerprint density at radius 2 is 2.00 bits per heavy atom. The standard InChI is InChI=1S/C11H9F3N2O2S/c1-10(8(17)18,11(12,13)14)16-9-15-6-4-2-3-5-7(6)19-9/h2-5H,1H3,(H,15,16)(H,17,18). The smallest absolute Gasteiger partial charge is 0.422 e. The fraction of sp³-hybridized carbons (Fsp3) is 0.273. The van der Waals surface area contributed by atoms with Gasteiger partial charge in [0.25, 0.3) is 0 Å². The Kier molecular flexibility index (Phi) is 3.13. The van der Waals surface area contributed by atoms with E-state index in [4.69, 9.17) is 5.11 Å². The van der Waals surface area contributed by atoms with Crippen LogP contribution in [0.4, 0.5) is 18.3 Å². The van der Waals surface area contributed by atoms with E-state index in [1.165, 1.54) is 0 Å². The lowest BCUT2D eigenvalue weighted by molar-refractivity contribution is -0.192. The van der Waals surface area contributed by atoms with E-state index < -0.39 is 17.7 Å². The first-order valence-electron chi connectivity index (χ1n) is 5.18. The highest BCUT2D eigenvalue weighted by molar-refractivity contribution is 7.22. The number of aromatic nitrogens is 1.